The highest BCUT2D eigenvalue weighted by Crippen LogP contribution is 2.13. The van der Waals surface area contributed by atoms with E-state index in [0.717, 1.165) is 38.9 Å². The van der Waals surface area contributed by atoms with Gasteiger partial charge in [-0.25, -0.2) is 0 Å². The molecule has 2 N–H and O–H groups in total. The SMILES string of the molecule is CCC(N)(C#N)CCCN1CCCN(C)CC1. The van der Waals surface area contributed by atoms with Crippen LogP contribution in [0.3, 0.4) is 0 Å². The zero-order valence-corrected chi connectivity index (χ0v) is 11.3. The minimum Gasteiger partial charge on any atom is -0.313 e. The van der Waals surface area contributed by atoms with Gasteiger partial charge >= 0.3 is 0 Å². The van der Waals surface area contributed by atoms with Gasteiger partial charge in [-0.05, 0) is 52.4 Å². The maximum atomic E-state index is 9.01. The molecule has 0 aromatic carbocycles. The van der Waals surface area contributed by atoms with Crippen LogP contribution in [0.4, 0.5) is 0 Å². The fourth-order valence-corrected chi connectivity index (χ4v) is 2.25. The predicted octanol–water partition coefficient (Wildman–Crippen LogP) is 1.04. The Kier molecular flexibility index (Phi) is 5.90. The van der Waals surface area contributed by atoms with Crippen molar-refractivity contribution in [2.24, 2.45) is 5.73 Å². The first-order valence-electron chi connectivity index (χ1n) is 6.70. The standard InChI is InChI=1S/C13H26N4/c1-3-13(15,12-14)6-4-8-17-9-5-7-16(2)10-11-17/h3-11,15H2,1-2H3. The van der Waals surface area contributed by atoms with E-state index in [2.05, 4.69) is 22.9 Å². The first kappa shape index (κ1) is 14.4. The molecule has 17 heavy (non-hydrogen) atoms. The maximum Gasteiger partial charge on any atom is 0.104 e. The number of hydrogen-bond acceptors (Lipinski definition) is 4. The van der Waals surface area contributed by atoms with Crippen molar-refractivity contribution in [1.82, 2.24) is 9.80 Å². The number of nitrogens with two attached hydrogens (primary N) is 1. The van der Waals surface area contributed by atoms with Crippen molar-refractivity contribution in [3.05, 3.63) is 0 Å². The molecule has 0 radical (unpaired) electrons. The van der Waals surface area contributed by atoms with E-state index in [0.29, 0.717) is 0 Å². The Balaban J connectivity index is 2.24. The lowest BCUT2D eigenvalue weighted by Crippen LogP contribution is -2.38. The number of nitriles is 1. The molecule has 0 aromatic heterocycles. The number of likely N-dealkylation sites (N-methyl/N-ethyl adjacent to an activating group) is 1. The molecule has 0 spiro atoms. The highest BCUT2D eigenvalue weighted by molar-refractivity contribution is 5.03. The summed E-state index contributed by atoms with van der Waals surface area (Å²) in [5, 5.41) is 9.01. The fourth-order valence-electron chi connectivity index (χ4n) is 2.25. The second kappa shape index (κ2) is 6.95. The van der Waals surface area contributed by atoms with Crippen molar-refractivity contribution >= 4 is 0 Å². The summed E-state index contributed by atoms with van der Waals surface area (Å²) in [4.78, 5) is 4.88. The van der Waals surface area contributed by atoms with Gasteiger partial charge in [-0.2, -0.15) is 5.26 Å². The maximum absolute atomic E-state index is 9.01. The third-order valence-electron chi connectivity index (χ3n) is 3.76. The Morgan fingerprint density at radius 3 is 2.71 bits per heavy atom. The Morgan fingerprint density at radius 2 is 2.06 bits per heavy atom. The average Bonchev–Trinajstić information content (AvgIpc) is 2.54. The molecule has 1 saturated heterocycles. The lowest BCUT2D eigenvalue weighted by molar-refractivity contribution is 0.264. The molecule has 0 amide bonds. The minimum atomic E-state index is -0.608. The molecule has 0 aromatic rings. The van der Waals surface area contributed by atoms with E-state index in [4.69, 9.17) is 11.0 Å². The Labute approximate surface area is 105 Å². The van der Waals surface area contributed by atoms with Crippen molar-refractivity contribution < 1.29 is 0 Å². The van der Waals surface area contributed by atoms with E-state index in [1.165, 1.54) is 19.5 Å². The topological polar surface area (TPSA) is 56.3 Å². The lowest BCUT2D eigenvalue weighted by Gasteiger charge is -2.23. The Bertz CT molecular complexity index is 261. The van der Waals surface area contributed by atoms with Crippen molar-refractivity contribution in [3.8, 4) is 6.07 Å². The Hall–Kier alpha value is -0.630. The van der Waals surface area contributed by atoms with Crippen LogP contribution in [0.5, 0.6) is 0 Å². The quantitative estimate of drug-likeness (QED) is 0.777. The van der Waals surface area contributed by atoms with Crippen LogP contribution in [0.25, 0.3) is 0 Å². The van der Waals surface area contributed by atoms with Crippen molar-refractivity contribution in [3.63, 3.8) is 0 Å². The molecular formula is C13H26N4. The molecule has 1 atom stereocenters. The molecule has 1 fully saturated rings. The molecule has 1 aliphatic rings. The van der Waals surface area contributed by atoms with E-state index in [9.17, 15) is 0 Å². The summed E-state index contributed by atoms with van der Waals surface area (Å²) in [5.74, 6) is 0. The van der Waals surface area contributed by atoms with Crippen LogP contribution >= 0.6 is 0 Å². The first-order valence-corrected chi connectivity index (χ1v) is 6.70. The van der Waals surface area contributed by atoms with Crippen LogP contribution in [0.2, 0.25) is 0 Å². The highest BCUT2D eigenvalue weighted by atomic mass is 15.2. The molecule has 1 unspecified atom stereocenters. The van der Waals surface area contributed by atoms with Gasteiger partial charge in [-0.15, -0.1) is 0 Å². The van der Waals surface area contributed by atoms with E-state index in [-0.39, 0.29) is 0 Å². The minimum absolute atomic E-state index is 0.608. The van der Waals surface area contributed by atoms with Crippen molar-refractivity contribution in [2.45, 2.75) is 38.1 Å². The van der Waals surface area contributed by atoms with Gasteiger partial charge in [0, 0.05) is 13.1 Å². The molecule has 0 saturated carbocycles. The zero-order valence-electron chi connectivity index (χ0n) is 11.3. The van der Waals surface area contributed by atoms with E-state index >= 15 is 0 Å². The molecule has 0 aliphatic carbocycles. The van der Waals surface area contributed by atoms with Crippen molar-refractivity contribution in [1.29, 1.82) is 5.26 Å². The molecule has 0 bridgehead atoms. The molecule has 4 nitrogen and oxygen atoms in total. The van der Waals surface area contributed by atoms with Gasteiger partial charge in [0.15, 0.2) is 0 Å². The van der Waals surface area contributed by atoms with Gasteiger partial charge in [0.25, 0.3) is 0 Å². The van der Waals surface area contributed by atoms with Crippen LogP contribution < -0.4 is 5.73 Å². The summed E-state index contributed by atoms with van der Waals surface area (Å²) in [6, 6.07) is 2.24. The zero-order chi connectivity index (χ0) is 12.7. The molecule has 98 valence electrons. The normalized spacial score (nSPS) is 22.7. The van der Waals surface area contributed by atoms with Crippen LogP contribution in [0, 0.1) is 11.3 Å². The van der Waals surface area contributed by atoms with Crippen LogP contribution in [0.1, 0.15) is 32.6 Å². The second-order valence-electron chi connectivity index (χ2n) is 5.22. The van der Waals surface area contributed by atoms with Gasteiger partial charge in [0.2, 0.25) is 0 Å². The third kappa shape index (κ3) is 5.03. The molecular weight excluding hydrogens is 212 g/mol. The summed E-state index contributed by atoms with van der Waals surface area (Å²) >= 11 is 0. The Morgan fingerprint density at radius 1 is 1.29 bits per heavy atom. The molecule has 1 aliphatic heterocycles. The lowest BCUT2D eigenvalue weighted by atomic mass is 9.93. The second-order valence-corrected chi connectivity index (χ2v) is 5.22. The van der Waals surface area contributed by atoms with Gasteiger partial charge < -0.3 is 15.5 Å². The van der Waals surface area contributed by atoms with Crippen molar-refractivity contribution in [2.75, 3.05) is 39.8 Å². The summed E-state index contributed by atoms with van der Waals surface area (Å²) in [6.45, 7) is 7.75. The van der Waals surface area contributed by atoms with Crippen LogP contribution in [-0.4, -0.2) is 55.1 Å². The number of rotatable bonds is 5. The number of hydrogen-bond donors (Lipinski definition) is 1. The summed E-state index contributed by atoms with van der Waals surface area (Å²) < 4.78 is 0. The summed E-state index contributed by atoms with van der Waals surface area (Å²) in [7, 11) is 2.18. The molecule has 1 heterocycles. The summed E-state index contributed by atoms with van der Waals surface area (Å²) in [5.41, 5.74) is 5.37. The van der Waals surface area contributed by atoms with Gasteiger partial charge in [-0.3, -0.25) is 0 Å². The van der Waals surface area contributed by atoms with Crippen LogP contribution in [-0.2, 0) is 0 Å². The highest BCUT2D eigenvalue weighted by Gasteiger charge is 2.21. The van der Waals surface area contributed by atoms with E-state index in [1.54, 1.807) is 0 Å². The largest absolute Gasteiger partial charge is 0.313 e. The summed E-state index contributed by atoms with van der Waals surface area (Å²) in [6.07, 6.45) is 3.83. The molecule has 1 rings (SSSR count). The number of nitrogens with zero attached hydrogens (tertiary/aromatic N) is 3. The average molecular weight is 238 g/mol. The van der Waals surface area contributed by atoms with E-state index < -0.39 is 5.54 Å². The molecule has 4 heteroatoms. The van der Waals surface area contributed by atoms with Crippen LogP contribution in [0.15, 0.2) is 0 Å². The van der Waals surface area contributed by atoms with Gasteiger partial charge in [-0.1, -0.05) is 6.92 Å². The monoisotopic (exact) mass is 238 g/mol. The first-order chi connectivity index (χ1) is 8.09. The predicted molar refractivity (Wildman–Crippen MR) is 70.6 cm³/mol. The third-order valence-corrected chi connectivity index (χ3v) is 3.76. The fraction of sp³-hybridized carbons (Fsp3) is 0.923. The van der Waals surface area contributed by atoms with Gasteiger partial charge in [0.1, 0.15) is 5.54 Å². The van der Waals surface area contributed by atoms with E-state index in [1.807, 2.05) is 6.92 Å². The van der Waals surface area contributed by atoms with Gasteiger partial charge in [0.05, 0.1) is 6.07 Å². The smallest absolute Gasteiger partial charge is 0.104 e.